The van der Waals surface area contributed by atoms with E-state index in [1.165, 1.54) is 0 Å². The van der Waals surface area contributed by atoms with Crippen LogP contribution in [0.15, 0.2) is 0 Å². The average molecular weight is 290 g/mol. The topological polar surface area (TPSA) is 93.1 Å². The highest BCUT2D eigenvalue weighted by molar-refractivity contribution is 6.29. The van der Waals surface area contributed by atoms with E-state index in [1.54, 1.807) is 0 Å². The summed E-state index contributed by atoms with van der Waals surface area (Å²) >= 11 is 0. The molecule has 0 spiro atoms. The van der Waals surface area contributed by atoms with Gasteiger partial charge in [0.05, 0.1) is 13.2 Å². The summed E-state index contributed by atoms with van der Waals surface area (Å²) in [4.78, 5) is 22.6. The van der Waals surface area contributed by atoms with Crippen LogP contribution in [0.25, 0.3) is 0 Å². The maximum Gasteiger partial charge on any atom is 0.417 e. The molecule has 0 rings (SSSR count). The van der Waals surface area contributed by atoms with Gasteiger partial charge in [-0.2, -0.15) is 0 Å². The Morgan fingerprint density at radius 2 is 1.15 bits per heavy atom. The van der Waals surface area contributed by atoms with E-state index < -0.39 is 11.9 Å². The first-order valence-corrected chi connectivity index (χ1v) is 7.06. The minimum atomic E-state index is -0.976. The number of hydrogen-bond acceptors (Lipinski definition) is 6. The van der Waals surface area contributed by atoms with E-state index in [1.807, 2.05) is 13.8 Å². The van der Waals surface area contributed by atoms with Crippen molar-refractivity contribution in [3.05, 3.63) is 0 Å². The summed E-state index contributed by atoms with van der Waals surface area (Å²) in [6.07, 6.45) is 2.50. The van der Waals surface area contributed by atoms with Gasteiger partial charge in [-0.1, -0.05) is 13.8 Å². The highest BCUT2D eigenvalue weighted by Gasteiger charge is 2.17. The molecular formula is C14H26O6. The van der Waals surface area contributed by atoms with Gasteiger partial charge in [-0.25, -0.2) is 9.59 Å². The standard InChI is InChI=1S/C14H26O6/c1-11(3-7-15)5-9-19-13(17)14(18)20-10-6-12(2)4-8-16/h11-12,15-16H,3-10H2,1-2H3. The van der Waals surface area contributed by atoms with Gasteiger partial charge in [0, 0.05) is 13.2 Å². The summed E-state index contributed by atoms with van der Waals surface area (Å²) < 4.78 is 9.58. The Morgan fingerprint density at radius 3 is 1.45 bits per heavy atom. The third kappa shape index (κ3) is 9.75. The van der Waals surface area contributed by atoms with Gasteiger partial charge >= 0.3 is 11.9 Å². The van der Waals surface area contributed by atoms with Crippen LogP contribution >= 0.6 is 0 Å². The molecule has 2 atom stereocenters. The maximum absolute atomic E-state index is 11.3. The largest absolute Gasteiger partial charge is 0.457 e. The first-order chi connectivity index (χ1) is 9.51. The first kappa shape index (κ1) is 18.9. The Bertz CT molecular complexity index is 251. The molecule has 6 nitrogen and oxygen atoms in total. The van der Waals surface area contributed by atoms with Crippen molar-refractivity contribution in [2.75, 3.05) is 26.4 Å². The van der Waals surface area contributed by atoms with E-state index >= 15 is 0 Å². The fraction of sp³-hybridized carbons (Fsp3) is 0.857. The van der Waals surface area contributed by atoms with Crippen LogP contribution in [-0.4, -0.2) is 48.6 Å². The zero-order chi connectivity index (χ0) is 15.4. The molecule has 0 aliphatic carbocycles. The smallest absolute Gasteiger partial charge is 0.417 e. The minimum absolute atomic E-state index is 0.100. The Balaban J connectivity index is 3.68. The van der Waals surface area contributed by atoms with E-state index in [0.29, 0.717) is 25.7 Å². The quantitative estimate of drug-likeness (QED) is 0.458. The van der Waals surface area contributed by atoms with E-state index in [9.17, 15) is 9.59 Å². The van der Waals surface area contributed by atoms with Crippen molar-refractivity contribution in [3.8, 4) is 0 Å². The lowest BCUT2D eigenvalue weighted by Gasteiger charge is -2.11. The lowest BCUT2D eigenvalue weighted by molar-refractivity contribution is -0.168. The second kappa shape index (κ2) is 11.7. The molecule has 0 aromatic rings. The van der Waals surface area contributed by atoms with Crippen LogP contribution in [0.5, 0.6) is 0 Å². The Morgan fingerprint density at radius 1 is 0.800 bits per heavy atom. The third-order valence-corrected chi connectivity index (χ3v) is 3.10. The van der Waals surface area contributed by atoms with Crippen molar-refractivity contribution < 1.29 is 29.3 Å². The maximum atomic E-state index is 11.3. The molecule has 20 heavy (non-hydrogen) atoms. The highest BCUT2D eigenvalue weighted by atomic mass is 16.6. The van der Waals surface area contributed by atoms with Crippen LogP contribution in [0.2, 0.25) is 0 Å². The number of rotatable bonds is 10. The van der Waals surface area contributed by atoms with Crippen LogP contribution in [-0.2, 0) is 19.1 Å². The van der Waals surface area contributed by atoms with Crippen molar-refractivity contribution in [3.63, 3.8) is 0 Å². The molecule has 0 aliphatic heterocycles. The van der Waals surface area contributed by atoms with Gasteiger partial charge in [-0.05, 0) is 37.5 Å². The van der Waals surface area contributed by atoms with E-state index in [0.717, 1.165) is 0 Å². The molecule has 0 saturated heterocycles. The molecule has 118 valence electrons. The number of aliphatic hydroxyl groups is 2. The van der Waals surface area contributed by atoms with E-state index in [4.69, 9.17) is 19.7 Å². The molecule has 0 radical (unpaired) electrons. The summed E-state index contributed by atoms with van der Waals surface area (Å²) in [6, 6.07) is 0. The molecule has 0 aromatic carbocycles. The second-order valence-electron chi connectivity index (χ2n) is 5.08. The molecule has 0 fully saturated rings. The molecule has 2 unspecified atom stereocenters. The summed E-state index contributed by atoms with van der Waals surface area (Å²) in [5, 5.41) is 17.4. The Kier molecular flexibility index (Phi) is 11.0. The van der Waals surface area contributed by atoms with Crippen LogP contribution < -0.4 is 0 Å². The molecule has 0 amide bonds. The van der Waals surface area contributed by atoms with Gasteiger partial charge in [0.1, 0.15) is 0 Å². The number of carbonyl (C=O) groups excluding carboxylic acids is 2. The van der Waals surface area contributed by atoms with Crippen LogP contribution in [0.3, 0.4) is 0 Å². The fourth-order valence-electron chi connectivity index (χ4n) is 1.55. The summed E-state index contributed by atoms with van der Waals surface area (Å²) in [6.45, 7) is 4.37. The monoisotopic (exact) mass is 290 g/mol. The predicted octanol–water partition coefficient (Wildman–Crippen LogP) is 0.890. The van der Waals surface area contributed by atoms with E-state index in [-0.39, 0.29) is 38.3 Å². The molecule has 2 N–H and O–H groups in total. The molecule has 0 aromatic heterocycles. The van der Waals surface area contributed by atoms with Gasteiger partial charge in [0.2, 0.25) is 0 Å². The molecule has 6 heteroatoms. The predicted molar refractivity (Wildman–Crippen MR) is 72.9 cm³/mol. The summed E-state index contributed by atoms with van der Waals surface area (Å²) in [5.41, 5.74) is 0. The van der Waals surface area contributed by atoms with Crippen molar-refractivity contribution in [2.24, 2.45) is 11.8 Å². The lowest BCUT2D eigenvalue weighted by Crippen LogP contribution is -2.22. The van der Waals surface area contributed by atoms with Crippen LogP contribution in [0, 0.1) is 11.8 Å². The fourth-order valence-corrected chi connectivity index (χ4v) is 1.55. The van der Waals surface area contributed by atoms with Crippen molar-refractivity contribution >= 4 is 11.9 Å². The first-order valence-electron chi connectivity index (χ1n) is 7.06. The molecule has 0 bridgehead atoms. The summed E-state index contributed by atoms with van der Waals surface area (Å²) in [7, 11) is 0. The van der Waals surface area contributed by atoms with Gasteiger partial charge in [0.15, 0.2) is 0 Å². The minimum Gasteiger partial charge on any atom is -0.457 e. The van der Waals surface area contributed by atoms with Crippen LogP contribution in [0.1, 0.15) is 39.5 Å². The zero-order valence-corrected chi connectivity index (χ0v) is 12.3. The lowest BCUT2D eigenvalue weighted by atomic mass is 10.1. The van der Waals surface area contributed by atoms with Crippen molar-refractivity contribution in [2.45, 2.75) is 39.5 Å². The number of ether oxygens (including phenoxy) is 2. The number of esters is 2. The van der Waals surface area contributed by atoms with Gasteiger partial charge in [-0.15, -0.1) is 0 Å². The highest BCUT2D eigenvalue weighted by Crippen LogP contribution is 2.07. The van der Waals surface area contributed by atoms with Crippen molar-refractivity contribution in [1.29, 1.82) is 0 Å². The average Bonchev–Trinajstić information content (AvgIpc) is 2.39. The van der Waals surface area contributed by atoms with Gasteiger partial charge in [-0.3, -0.25) is 0 Å². The second-order valence-corrected chi connectivity index (χ2v) is 5.08. The molecule has 0 saturated carbocycles. The Hall–Kier alpha value is -1.14. The zero-order valence-electron chi connectivity index (χ0n) is 12.3. The number of aliphatic hydroxyl groups excluding tert-OH is 2. The van der Waals surface area contributed by atoms with E-state index in [2.05, 4.69) is 0 Å². The van der Waals surface area contributed by atoms with Crippen LogP contribution in [0.4, 0.5) is 0 Å². The number of hydrogen-bond donors (Lipinski definition) is 2. The Labute approximate surface area is 120 Å². The summed E-state index contributed by atoms with van der Waals surface area (Å²) in [5.74, 6) is -1.47. The van der Waals surface area contributed by atoms with Gasteiger partial charge < -0.3 is 19.7 Å². The van der Waals surface area contributed by atoms with Crippen molar-refractivity contribution in [1.82, 2.24) is 0 Å². The molecule has 0 aliphatic rings. The molecular weight excluding hydrogens is 264 g/mol. The molecule has 0 heterocycles. The SMILES string of the molecule is CC(CCO)CCOC(=O)C(=O)OCCC(C)CCO. The normalized spacial score (nSPS) is 13.6. The number of carbonyl (C=O) groups is 2. The van der Waals surface area contributed by atoms with Gasteiger partial charge in [0.25, 0.3) is 0 Å². The third-order valence-electron chi connectivity index (χ3n) is 3.10.